The van der Waals surface area contributed by atoms with Gasteiger partial charge in [-0.3, -0.25) is 6.08 Å². The van der Waals surface area contributed by atoms with E-state index in [0.717, 1.165) is 29.4 Å². The number of allylic oxidation sites excluding steroid dienone is 2. The van der Waals surface area contributed by atoms with Crippen molar-refractivity contribution in [3.05, 3.63) is 119 Å². The Kier molecular flexibility index (Phi) is 12.5. The van der Waals surface area contributed by atoms with Crippen LogP contribution in [0.5, 0.6) is 0 Å². The average Bonchev–Trinajstić information content (AvgIpc) is 3.35. The molecule has 1 unspecified atom stereocenters. The third-order valence-electron chi connectivity index (χ3n) is 5.15. The first kappa shape index (κ1) is 27.7. The molecule has 4 aromatic rings. The number of hydrogen-bond donors (Lipinski definition) is 0. The first-order valence-corrected chi connectivity index (χ1v) is 15.7. The molecule has 1 aliphatic carbocycles. The molecule has 0 N–H and O–H groups in total. The average molecular weight is 626 g/mol. The fraction of sp³-hybridized carbons (Fsp3) is 0.148. The van der Waals surface area contributed by atoms with Gasteiger partial charge in [-0.1, -0.05) is 66.9 Å². The number of benzene rings is 3. The summed E-state index contributed by atoms with van der Waals surface area (Å²) in [6.07, 6.45) is 4.59. The van der Waals surface area contributed by atoms with Gasteiger partial charge in [0.2, 0.25) is 0 Å². The summed E-state index contributed by atoms with van der Waals surface area (Å²) in [5.41, 5.74) is 6.85. The van der Waals surface area contributed by atoms with E-state index < -0.39 is 0 Å². The summed E-state index contributed by atoms with van der Waals surface area (Å²) >= 11 is 1.11. The molecule has 1 aliphatic rings. The Labute approximate surface area is 215 Å². The van der Waals surface area contributed by atoms with Crippen molar-refractivity contribution in [2.75, 3.05) is 0 Å². The summed E-state index contributed by atoms with van der Waals surface area (Å²) in [6.45, 7) is 7.48. The molecule has 4 heteroatoms. The molecule has 0 saturated carbocycles. The minimum Gasteiger partial charge on any atom is -0.168 e. The van der Waals surface area contributed by atoms with Crippen LogP contribution in [0, 0.1) is 13.0 Å². The number of fused-ring (bicyclic) bond motifs is 2. The van der Waals surface area contributed by atoms with E-state index in [1.807, 2.05) is 0 Å². The zero-order chi connectivity index (χ0) is 20.6. The minimum atomic E-state index is 0. The van der Waals surface area contributed by atoms with Gasteiger partial charge in [-0.05, 0) is 18.9 Å². The van der Waals surface area contributed by atoms with Crippen molar-refractivity contribution >= 4 is 23.3 Å². The van der Waals surface area contributed by atoms with Gasteiger partial charge in [0.05, 0.1) is 0 Å². The third kappa shape index (κ3) is 7.35. The second kappa shape index (κ2) is 14.0. The second-order valence-corrected chi connectivity index (χ2v) is 7.25. The molecule has 0 spiro atoms. The minimum absolute atomic E-state index is 0. The maximum atomic E-state index is 3.60. The van der Waals surface area contributed by atoms with Crippen molar-refractivity contribution < 1.29 is 47.8 Å². The summed E-state index contributed by atoms with van der Waals surface area (Å²) in [5, 5.41) is 2.66. The second-order valence-electron chi connectivity index (χ2n) is 7.25. The van der Waals surface area contributed by atoms with Crippen LogP contribution in [0.4, 0.5) is 0 Å². The predicted molar refractivity (Wildman–Crippen MR) is 122 cm³/mol. The summed E-state index contributed by atoms with van der Waals surface area (Å²) in [5.74, 6) is 0.431. The number of hydrogen-bond acceptors (Lipinski definition) is 0. The fourth-order valence-corrected chi connectivity index (χ4v) is 3.81. The maximum absolute atomic E-state index is 3.60. The van der Waals surface area contributed by atoms with Crippen LogP contribution in [0.1, 0.15) is 35.1 Å². The smallest absolute Gasteiger partial charge is 0.0809 e. The van der Waals surface area contributed by atoms with Crippen LogP contribution in [-0.2, 0) is 29.4 Å². The molecule has 5 rings (SSSR count). The Morgan fingerprint density at radius 3 is 2.35 bits per heavy atom. The van der Waals surface area contributed by atoms with Crippen molar-refractivity contribution in [3.8, 4) is 0 Å². The van der Waals surface area contributed by atoms with Gasteiger partial charge in [-0.25, -0.2) is 5.57 Å². The van der Waals surface area contributed by atoms with Crippen molar-refractivity contribution in [1.29, 1.82) is 0 Å². The van der Waals surface area contributed by atoms with Crippen molar-refractivity contribution in [3.63, 3.8) is 0 Å². The van der Waals surface area contributed by atoms with Crippen molar-refractivity contribution in [1.82, 2.24) is 0 Å². The molecule has 31 heavy (non-hydrogen) atoms. The van der Waals surface area contributed by atoms with Crippen LogP contribution in [0.2, 0.25) is 0 Å². The molecule has 0 nitrogen and oxygen atoms in total. The van der Waals surface area contributed by atoms with E-state index in [4.69, 9.17) is 0 Å². The van der Waals surface area contributed by atoms with E-state index in [9.17, 15) is 0 Å². The van der Waals surface area contributed by atoms with Crippen LogP contribution in [0.25, 0.3) is 16.3 Å². The van der Waals surface area contributed by atoms with Crippen LogP contribution < -0.4 is 24.8 Å². The monoisotopic (exact) mass is 626 g/mol. The summed E-state index contributed by atoms with van der Waals surface area (Å²) < 4.78 is 0. The van der Waals surface area contributed by atoms with E-state index >= 15 is 0 Å². The van der Waals surface area contributed by atoms with E-state index in [2.05, 4.69) is 118 Å². The molecule has 0 amide bonds. The van der Waals surface area contributed by atoms with E-state index in [1.165, 1.54) is 38.6 Å². The van der Waals surface area contributed by atoms with Gasteiger partial charge in [-0.15, -0.1) is 41.3 Å². The molecule has 1 atom stereocenters. The molecular formula is C27H24Cl2HfSi-2. The Morgan fingerprint density at radius 2 is 1.61 bits per heavy atom. The number of aryl methyl sites for hydroxylation is 1. The van der Waals surface area contributed by atoms with Gasteiger partial charge in [-0.2, -0.15) is 23.1 Å². The molecule has 0 aliphatic heterocycles. The zero-order valence-corrected chi connectivity index (χ0v) is 23.8. The standard InChI is InChI=1S/C18H17.C9H7.2ClH.Hf.Si/c1-13-6-5-7-15(10-13)12-16-11-14(2)17-8-3-4-9-18(16)17;1-2-5-9-7-3-6-8(9)4-1;;;;/h3-10,14H,12H2,1-2H3;1-7H;2*1H;;/q2*-1;;;+2;/p-2. The quantitative estimate of drug-likeness (QED) is 0.228. The molecule has 156 valence electrons. The Morgan fingerprint density at radius 1 is 0.903 bits per heavy atom. The molecule has 0 aromatic heterocycles. The van der Waals surface area contributed by atoms with Gasteiger partial charge in [0.15, 0.2) is 0 Å². The SMILES string of the molecule is Cc1cccc(CC2=[C-]C(C)c3ccccc32)c1.[Cl-].[Cl-].[Si]=[Hf+2].c1ccc2[cH-]ccc2c1. The Balaban J connectivity index is 0.000000314. The first-order chi connectivity index (χ1) is 14.2. The van der Waals surface area contributed by atoms with Crippen LogP contribution in [0.15, 0.2) is 91.0 Å². The summed E-state index contributed by atoms with van der Waals surface area (Å²) in [6, 6.07) is 32.1. The van der Waals surface area contributed by atoms with E-state index in [-0.39, 0.29) is 24.8 Å². The maximum Gasteiger partial charge on any atom is -0.0809 e. The largest absolute Gasteiger partial charge is 0.168 e. The van der Waals surface area contributed by atoms with Gasteiger partial charge >= 0.3 is 29.9 Å². The summed E-state index contributed by atoms with van der Waals surface area (Å²) in [4.78, 5) is 0. The van der Waals surface area contributed by atoms with Gasteiger partial charge in [0, 0.05) is 0 Å². The molecule has 0 heterocycles. The van der Waals surface area contributed by atoms with Crippen LogP contribution in [-0.4, -0.2) is 6.94 Å². The molecule has 0 saturated heterocycles. The van der Waals surface area contributed by atoms with Gasteiger partial charge < -0.3 is 24.8 Å². The normalized spacial score (nSPS) is 13.3. The predicted octanol–water partition coefficient (Wildman–Crippen LogP) is 0.725. The van der Waals surface area contributed by atoms with Gasteiger partial charge in [0.1, 0.15) is 0 Å². The fourth-order valence-electron chi connectivity index (χ4n) is 3.81. The van der Waals surface area contributed by atoms with Gasteiger partial charge in [0.25, 0.3) is 0 Å². The Bertz CT molecular complexity index is 1090. The molecule has 0 fully saturated rings. The first-order valence-electron chi connectivity index (χ1n) is 9.83. The number of halogens is 2. The number of rotatable bonds is 2. The zero-order valence-electron chi connectivity index (χ0n) is 17.7. The Hall–Kier alpha value is -1.32. The molecule has 2 radical (unpaired) electrons. The third-order valence-corrected chi connectivity index (χ3v) is 5.15. The summed E-state index contributed by atoms with van der Waals surface area (Å²) in [7, 11) is 0. The molecule has 4 aromatic carbocycles. The topological polar surface area (TPSA) is 0 Å². The van der Waals surface area contributed by atoms with E-state index in [0.29, 0.717) is 5.92 Å². The van der Waals surface area contributed by atoms with Crippen LogP contribution >= 0.6 is 0 Å². The van der Waals surface area contributed by atoms with Crippen molar-refractivity contribution in [2.45, 2.75) is 26.2 Å². The van der Waals surface area contributed by atoms with Crippen LogP contribution in [0.3, 0.4) is 0 Å². The van der Waals surface area contributed by atoms with Crippen molar-refractivity contribution in [2.24, 2.45) is 0 Å². The molecular weight excluding hydrogens is 602 g/mol. The van der Waals surface area contributed by atoms with E-state index in [1.54, 1.807) is 0 Å². The molecule has 0 bridgehead atoms.